The lowest BCUT2D eigenvalue weighted by atomic mass is 9.61. The van der Waals surface area contributed by atoms with Crippen LogP contribution in [0, 0.1) is 5.41 Å². The standard InChI is InChI=1S/C16H24O/c1-15(2,3)16(17)12-8-7-11-14(16)13-9-5-4-6-10-13/h4-6,9-10,14,17H,7-8,11-12H2,1-3H3/t14-,16+/m1/s1. The van der Waals surface area contributed by atoms with E-state index in [9.17, 15) is 5.11 Å². The van der Waals surface area contributed by atoms with E-state index in [1.54, 1.807) is 0 Å². The van der Waals surface area contributed by atoms with E-state index < -0.39 is 5.60 Å². The molecule has 1 aromatic rings. The molecule has 0 aliphatic heterocycles. The molecule has 1 aliphatic carbocycles. The van der Waals surface area contributed by atoms with Crippen molar-refractivity contribution in [3.63, 3.8) is 0 Å². The van der Waals surface area contributed by atoms with Crippen molar-refractivity contribution in [2.75, 3.05) is 0 Å². The summed E-state index contributed by atoms with van der Waals surface area (Å²) in [5.74, 6) is 0.289. The summed E-state index contributed by atoms with van der Waals surface area (Å²) in [5.41, 5.74) is 0.671. The molecule has 0 heterocycles. The van der Waals surface area contributed by atoms with Crippen LogP contribution in [-0.2, 0) is 0 Å². The number of hydrogen-bond donors (Lipinski definition) is 1. The molecule has 0 radical (unpaired) electrons. The zero-order valence-electron chi connectivity index (χ0n) is 11.2. The van der Waals surface area contributed by atoms with E-state index in [1.165, 1.54) is 12.0 Å². The van der Waals surface area contributed by atoms with Gasteiger partial charge >= 0.3 is 0 Å². The van der Waals surface area contributed by atoms with Crippen molar-refractivity contribution in [3.8, 4) is 0 Å². The molecule has 94 valence electrons. The molecule has 0 saturated heterocycles. The van der Waals surface area contributed by atoms with Crippen LogP contribution in [0.25, 0.3) is 0 Å². The normalized spacial score (nSPS) is 30.2. The molecule has 1 N–H and O–H groups in total. The number of aliphatic hydroxyl groups is 1. The van der Waals surface area contributed by atoms with Gasteiger partial charge in [0.2, 0.25) is 0 Å². The van der Waals surface area contributed by atoms with Crippen LogP contribution in [-0.4, -0.2) is 10.7 Å². The molecule has 0 amide bonds. The average molecular weight is 232 g/mol. The molecule has 1 nitrogen and oxygen atoms in total. The summed E-state index contributed by atoms with van der Waals surface area (Å²) in [6, 6.07) is 10.5. The minimum atomic E-state index is -0.563. The lowest BCUT2D eigenvalue weighted by Crippen LogP contribution is -2.49. The maximum Gasteiger partial charge on any atom is 0.0763 e. The smallest absolute Gasteiger partial charge is 0.0763 e. The Morgan fingerprint density at radius 1 is 1.12 bits per heavy atom. The SMILES string of the molecule is CC(C)(C)[C@]1(O)CCCC[C@@H]1c1ccccc1. The maximum atomic E-state index is 11.1. The third kappa shape index (κ3) is 2.26. The Hall–Kier alpha value is -0.820. The predicted octanol–water partition coefficient (Wildman–Crippen LogP) is 4.12. The quantitative estimate of drug-likeness (QED) is 0.772. The Morgan fingerprint density at radius 3 is 2.35 bits per heavy atom. The van der Waals surface area contributed by atoms with Crippen LogP contribution >= 0.6 is 0 Å². The molecular formula is C16H24O. The predicted molar refractivity (Wildman–Crippen MR) is 72.1 cm³/mol. The van der Waals surface area contributed by atoms with Crippen LogP contribution in [0.3, 0.4) is 0 Å². The third-order valence-electron chi connectivity index (χ3n) is 4.38. The van der Waals surface area contributed by atoms with Gasteiger partial charge in [0, 0.05) is 5.92 Å². The van der Waals surface area contributed by atoms with Crippen molar-refractivity contribution in [2.45, 2.75) is 58.0 Å². The topological polar surface area (TPSA) is 20.2 Å². The monoisotopic (exact) mass is 232 g/mol. The van der Waals surface area contributed by atoms with Gasteiger partial charge in [-0.2, -0.15) is 0 Å². The number of hydrogen-bond acceptors (Lipinski definition) is 1. The van der Waals surface area contributed by atoms with Gasteiger partial charge in [-0.05, 0) is 23.8 Å². The van der Waals surface area contributed by atoms with E-state index in [0.29, 0.717) is 0 Å². The first-order valence-corrected chi connectivity index (χ1v) is 6.72. The van der Waals surface area contributed by atoms with E-state index in [0.717, 1.165) is 19.3 Å². The number of benzene rings is 1. The summed E-state index contributed by atoms with van der Waals surface area (Å²) >= 11 is 0. The zero-order valence-corrected chi connectivity index (χ0v) is 11.2. The van der Waals surface area contributed by atoms with Crippen LogP contribution in [0.5, 0.6) is 0 Å². The lowest BCUT2D eigenvalue weighted by Gasteiger charge is -2.49. The Balaban J connectivity index is 2.37. The first-order chi connectivity index (χ1) is 7.95. The van der Waals surface area contributed by atoms with Gasteiger partial charge in [0.15, 0.2) is 0 Å². The highest BCUT2D eigenvalue weighted by molar-refractivity contribution is 5.25. The molecule has 0 spiro atoms. The van der Waals surface area contributed by atoms with Gasteiger partial charge in [-0.15, -0.1) is 0 Å². The molecule has 1 aromatic carbocycles. The van der Waals surface area contributed by atoms with Crippen LogP contribution in [0.15, 0.2) is 30.3 Å². The minimum Gasteiger partial charge on any atom is -0.389 e. The van der Waals surface area contributed by atoms with Gasteiger partial charge in [-0.25, -0.2) is 0 Å². The maximum absolute atomic E-state index is 11.1. The average Bonchev–Trinajstić information content (AvgIpc) is 2.29. The van der Waals surface area contributed by atoms with E-state index in [-0.39, 0.29) is 11.3 Å². The van der Waals surface area contributed by atoms with E-state index in [1.807, 2.05) is 6.07 Å². The van der Waals surface area contributed by atoms with Crippen LogP contribution in [0.2, 0.25) is 0 Å². The number of rotatable bonds is 1. The van der Waals surface area contributed by atoms with Crippen molar-refractivity contribution in [2.24, 2.45) is 5.41 Å². The van der Waals surface area contributed by atoms with Gasteiger partial charge in [0.25, 0.3) is 0 Å². The van der Waals surface area contributed by atoms with Gasteiger partial charge in [0.05, 0.1) is 5.60 Å². The largest absolute Gasteiger partial charge is 0.389 e. The minimum absolute atomic E-state index is 0.0616. The molecule has 0 aromatic heterocycles. The van der Waals surface area contributed by atoms with E-state index >= 15 is 0 Å². The van der Waals surface area contributed by atoms with Crippen molar-refractivity contribution in [3.05, 3.63) is 35.9 Å². The highest BCUT2D eigenvalue weighted by atomic mass is 16.3. The van der Waals surface area contributed by atoms with Crippen molar-refractivity contribution in [1.29, 1.82) is 0 Å². The van der Waals surface area contributed by atoms with E-state index in [2.05, 4.69) is 45.0 Å². The van der Waals surface area contributed by atoms with Crippen molar-refractivity contribution >= 4 is 0 Å². The second-order valence-electron chi connectivity index (χ2n) is 6.38. The first kappa shape index (κ1) is 12.6. The summed E-state index contributed by atoms with van der Waals surface area (Å²) in [5, 5.41) is 11.1. The molecule has 0 bridgehead atoms. The van der Waals surface area contributed by atoms with Crippen LogP contribution in [0.1, 0.15) is 57.9 Å². The summed E-state index contributed by atoms with van der Waals surface area (Å²) in [4.78, 5) is 0. The lowest BCUT2D eigenvalue weighted by molar-refractivity contribution is -0.101. The highest BCUT2D eigenvalue weighted by Gasteiger charge is 2.47. The second-order valence-corrected chi connectivity index (χ2v) is 6.38. The summed E-state index contributed by atoms with van der Waals surface area (Å²) < 4.78 is 0. The Kier molecular flexibility index (Phi) is 3.31. The molecule has 1 saturated carbocycles. The third-order valence-corrected chi connectivity index (χ3v) is 4.38. The fraction of sp³-hybridized carbons (Fsp3) is 0.625. The molecule has 1 heteroatoms. The molecule has 2 atom stereocenters. The molecule has 2 rings (SSSR count). The Morgan fingerprint density at radius 2 is 1.76 bits per heavy atom. The van der Waals surface area contributed by atoms with E-state index in [4.69, 9.17) is 0 Å². The molecule has 1 fully saturated rings. The highest BCUT2D eigenvalue weighted by Crippen LogP contribution is 2.50. The molecule has 0 unspecified atom stereocenters. The zero-order chi connectivity index (χ0) is 12.5. The van der Waals surface area contributed by atoms with Crippen molar-refractivity contribution in [1.82, 2.24) is 0 Å². The fourth-order valence-corrected chi connectivity index (χ4v) is 3.18. The molecule has 1 aliphatic rings. The van der Waals surface area contributed by atoms with Gasteiger partial charge < -0.3 is 5.11 Å². The fourth-order valence-electron chi connectivity index (χ4n) is 3.18. The van der Waals surface area contributed by atoms with Gasteiger partial charge in [-0.1, -0.05) is 63.9 Å². The first-order valence-electron chi connectivity index (χ1n) is 6.72. The van der Waals surface area contributed by atoms with Crippen LogP contribution in [0.4, 0.5) is 0 Å². The van der Waals surface area contributed by atoms with Crippen LogP contribution < -0.4 is 0 Å². The summed E-state index contributed by atoms with van der Waals surface area (Å²) in [7, 11) is 0. The molecular weight excluding hydrogens is 208 g/mol. The Bertz CT molecular complexity index is 363. The van der Waals surface area contributed by atoms with Gasteiger partial charge in [0.1, 0.15) is 0 Å². The second kappa shape index (κ2) is 4.45. The van der Waals surface area contributed by atoms with Crippen molar-refractivity contribution < 1.29 is 5.11 Å². The molecule has 17 heavy (non-hydrogen) atoms. The Labute approximate surface area is 105 Å². The summed E-state index contributed by atoms with van der Waals surface area (Å²) in [6.45, 7) is 6.48. The van der Waals surface area contributed by atoms with Gasteiger partial charge in [-0.3, -0.25) is 0 Å². The summed E-state index contributed by atoms with van der Waals surface area (Å²) in [6.07, 6.45) is 4.42.